The molecule has 0 saturated carbocycles. The van der Waals surface area contributed by atoms with Crippen LogP contribution in [0.1, 0.15) is 40.2 Å². The summed E-state index contributed by atoms with van der Waals surface area (Å²) in [7, 11) is 3.20. The number of para-hydroxylation sites is 1. The SMILES string of the molecule is COC1=N[C@H](C(C)C)C(OC)=N[C@H]1Cc1cn(C(=O)OC(C)(C)C)c2c(Cl)cccc12. The fourth-order valence-electron chi connectivity index (χ4n) is 3.63. The fourth-order valence-corrected chi connectivity index (χ4v) is 3.89. The van der Waals surface area contributed by atoms with Crippen LogP contribution in [0.15, 0.2) is 34.4 Å². The van der Waals surface area contributed by atoms with Crippen LogP contribution in [0.25, 0.3) is 10.9 Å². The van der Waals surface area contributed by atoms with Crippen LogP contribution >= 0.6 is 11.6 Å². The molecule has 1 aliphatic rings. The highest BCUT2D eigenvalue weighted by Gasteiger charge is 2.32. The van der Waals surface area contributed by atoms with Crippen LogP contribution in [0.5, 0.6) is 0 Å². The van der Waals surface area contributed by atoms with E-state index in [2.05, 4.69) is 13.8 Å². The zero-order chi connectivity index (χ0) is 22.9. The number of methoxy groups -OCH3 is 2. The molecular weight excluding hydrogens is 418 g/mol. The van der Waals surface area contributed by atoms with E-state index in [9.17, 15) is 4.79 Å². The van der Waals surface area contributed by atoms with E-state index in [4.69, 9.17) is 35.8 Å². The van der Waals surface area contributed by atoms with Crippen LogP contribution in [-0.4, -0.2) is 54.4 Å². The molecule has 0 bridgehead atoms. The molecule has 0 unspecified atom stereocenters. The first-order valence-corrected chi connectivity index (χ1v) is 10.7. The molecule has 7 nitrogen and oxygen atoms in total. The van der Waals surface area contributed by atoms with E-state index in [1.807, 2.05) is 32.9 Å². The van der Waals surface area contributed by atoms with Gasteiger partial charge in [0.05, 0.1) is 24.8 Å². The average molecular weight is 448 g/mol. The maximum absolute atomic E-state index is 12.9. The lowest BCUT2D eigenvalue weighted by molar-refractivity contribution is 0.0544. The molecule has 2 atom stereocenters. The van der Waals surface area contributed by atoms with Crippen LogP contribution in [0, 0.1) is 5.92 Å². The number of halogens is 1. The Kier molecular flexibility index (Phi) is 6.65. The predicted molar refractivity (Wildman–Crippen MR) is 124 cm³/mol. The number of rotatable bonds is 3. The number of fused-ring (bicyclic) bond motifs is 1. The molecule has 0 fully saturated rings. The minimum absolute atomic E-state index is 0.186. The molecule has 0 amide bonds. The third-order valence-electron chi connectivity index (χ3n) is 5.00. The van der Waals surface area contributed by atoms with Gasteiger partial charge in [0.25, 0.3) is 0 Å². The summed E-state index contributed by atoms with van der Waals surface area (Å²) >= 11 is 6.46. The Labute approximate surface area is 188 Å². The minimum atomic E-state index is -0.627. The number of ether oxygens (including phenoxy) is 3. The number of hydrogen-bond donors (Lipinski definition) is 0. The van der Waals surface area contributed by atoms with E-state index in [-0.39, 0.29) is 18.0 Å². The fraction of sp³-hybridized carbons (Fsp3) is 0.522. The summed E-state index contributed by atoms with van der Waals surface area (Å²) in [6, 6.07) is 4.99. The highest BCUT2D eigenvalue weighted by Crippen LogP contribution is 2.31. The van der Waals surface area contributed by atoms with E-state index >= 15 is 0 Å². The number of carbonyl (C=O) groups is 1. The molecule has 0 spiro atoms. The minimum Gasteiger partial charge on any atom is -0.483 e. The Bertz CT molecular complexity index is 1030. The van der Waals surface area contributed by atoms with E-state index in [0.717, 1.165) is 10.9 Å². The highest BCUT2D eigenvalue weighted by molar-refractivity contribution is 6.35. The smallest absolute Gasteiger partial charge is 0.419 e. The predicted octanol–water partition coefficient (Wildman–Crippen LogP) is 5.12. The molecule has 3 rings (SSSR count). The van der Waals surface area contributed by atoms with Crippen molar-refractivity contribution in [2.75, 3.05) is 14.2 Å². The molecule has 0 saturated heterocycles. The summed E-state index contributed by atoms with van der Waals surface area (Å²) in [5, 5.41) is 1.33. The van der Waals surface area contributed by atoms with E-state index in [1.165, 1.54) is 4.57 Å². The second kappa shape index (κ2) is 8.91. The molecule has 8 heteroatoms. The summed E-state index contributed by atoms with van der Waals surface area (Å²) < 4.78 is 18.1. The third kappa shape index (κ3) is 4.87. The van der Waals surface area contributed by atoms with Gasteiger partial charge in [-0.25, -0.2) is 14.8 Å². The molecule has 2 heterocycles. The summed E-state index contributed by atoms with van der Waals surface area (Å²) in [4.78, 5) is 22.4. The number of aromatic nitrogens is 1. The van der Waals surface area contributed by atoms with Gasteiger partial charge < -0.3 is 14.2 Å². The second-order valence-corrected chi connectivity index (χ2v) is 9.30. The lowest BCUT2D eigenvalue weighted by Gasteiger charge is -2.27. The Morgan fingerprint density at radius 1 is 1.16 bits per heavy atom. The Hall–Kier alpha value is -2.54. The van der Waals surface area contributed by atoms with Crippen LogP contribution in [0.4, 0.5) is 4.79 Å². The number of aliphatic imine (C=N–C) groups is 2. The maximum Gasteiger partial charge on any atom is 0.419 e. The third-order valence-corrected chi connectivity index (χ3v) is 5.30. The van der Waals surface area contributed by atoms with Crippen molar-refractivity contribution < 1.29 is 19.0 Å². The van der Waals surface area contributed by atoms with Gasteiger partial charge in [0.1, 0.15) is 17.7 Å². The lowest BCUT2D eigenvalue weighted by Crippen LogP contribution is -2.38. The Morgan fingerprint density at radius 3 is 2.42 bits per heavy atom. The normalized spacial score (nSPS) is 19.3. The van der Waals surface area contributed by atoms with Crippen LogP contribution < -0.4 is 0 Å². The summed E-state index contributed by atoms with van der Waals surface area (Å²) in [5.74, 6) is 1.34. The van der Waals surface area contributed by atoms with Crippen molar-refractivity contribution in [3.05, 3.63) is 35.0 Å². The van der Waals surface area contributed by atoms with Gasteiger partial charge in [0.2, 0.25) is 11.8 Å². The van der Waals surface area contributed by atoms with Gasteiger partial charge in [-0.2, -0.15) is 0 Å². The number of hydrogen-bond acceptors (Lipinski definition) is 6. The maximum atomic E-state index is 12.9. The number of carbonyl (C=O) groups excluding carboxylic acids is 1. The van der Waals surface area contributed by atoms with Crippen molar-refractivity contribution in [3.63, 3.8) is 0 Å². The average Bonchev–Trinajstić information content (AvgIpc) is 3.06. The van der Waals surface area contributed by atoms with Crippen molar-refractivity contribution in [1.29, 1.82) is 0 Å². The monoisotopic (exact) mass is 447 g/mol. The molecule has 2 aromatic rings. The molecule has 1 aromatic heterocycles. The summed E-state index contributed by atoms with van der Waals surface area (Å²) in [6.45, 7) is 9.61. The molecule has 31 heavy (non-hydrogen) atoms. The summed E-state index contributed by atoms with van der Waals surface area (Å²) in [6.07, 6.45) is 1.74. The van der Waals surface area contributed by atoms with Gasteiger partial charge in [-0.15, -0.1) is 0 Å². The molecule has 1 aromatic carbocycles. The zero-order valence-electron chi connectivity index (χ0n) is 19.1. The summed E-state index contributed by atoms with van der Waals surface area (Å²) in [5.41, 5.74) is 0.870. The van der Waals surface area contributed by atoms with Gasteiger partial charge in [-0.05, 0) is 38.3 Å². The van der Waals surface area contributed by atoms with Crippen LogP contribution in [0.2, 0.25) is 5.02 Å². The molecule has 0 aliphatic carbocycles. The largest absolute Gasteiger partial charge is 0.483 e. The van der Waals surface area contributed by atoms with Gasteiger partial charge in [-0.1, -0.05) is 37.6 Å². The quantitative estimate of drug-likeness (QED) is 0.654. The van der Waals surface area contributed by atoms with Crippen molar-refractivity contribution in [2.45, 2.75) is 58.7 Å². The Morgan fingerprint density at radius 2 is 1.84 bits per heavy atom. The first-order chi connectivity index (χ1) is 14.6. The topological polar surface area (TPSA) is 74.4 Å². The van der Waals surface area contributed by atoms with Crippen molar-refractivity contribution in [2.24, 2.45) is 15.9 Å². The number of nitrogens with zero attached hydrogens (tertiary/aromatic N) is 3. The number of benzene rings is 1. The molecular formula is C23H30ClN3O4. The van der Waals surface area contributed by atoms with Gasteiger partial charge in [0, 0.05) is 18.0 Å². The lowest BCUT2D eigenvalue weighted by atomic mass is 10.0. The van der Waals surface area contributed by atoms with Crippen molar-refractivity contribution >= 4 is 40.4 Å². The van der Waals surface area contributed by atoms with E-state index in [0.29, 0.717) is 28.8 Å². The first kappa shape index (κ1) is 23.1. The van der Waals surface area contributed by atoms with Gasteiger partial charge in [0.15, 0.2) is 0 Å². The van der Waals surface area contributed by atoms with E-state index in [1.54, 1.807) is 26.5 Å². The van der Waals surface area contributed by atoms with Gasteiger partial charge in [-0.3, -0.25) is 4.57 Å². The van der Waals surface area contributed by atoms with Crippen molar-refractivity contribution in [1.82, 2.24) is 4.57 Å². The second-order valence-electron chi connectivity index (χ2n) is 8.89. The standard InChI is InChI=1S/C23H30ClN3O4/c1-13(2)18-21(30-7)25-17(20(26-18)29-6)11-14-12-27(22(28)31-23(3,4)5)19-15(14)9-8-10-16(19)24/h8-10,12-13,17-18H,11H2,1-7H3/t17-,18+/m0/s1. The van der Waals surface area contributed by atoms with Gasteiger partial charge >= 0.3 is 6.09 Å². The zero-order valence-corrected chi connectivity index (χ0v) is 19.9. The van der Waals surface area contributed by atoms with Crippen LogP contribution in [-0.2, 0) is 20.6 Å². The highest BCUT2D eigenvalue weighted by atomic mass is 35.5. The molecule has 1 aliphatic heterocycles. The van der Waals surface area contributed by atoms with Crippen molar-refractivity contribution in [3.8, 4) is 0 Å². The van der Waals surface area contributed by atoms with E-state index < -0.39 is 11.7 Å². The van der Waals surface area contributed by atoms with Crippen LogP contribution in [0.3, 0.4) is 0 Å². The molecule has 0 N–H and O–H groups in total. The Balaban J connectivity index is 2.04. The first-order valence-electron chi connectivity index (χ1n) is 10.3. The molecule has 168 valence electrons. The molecule has 0 radical (unpaired) electrons.